The summed E-state index contributed by atoms with van der Waals surface area (Å²) < 4.78 is 475. The molecule has 0 saturated carbocycles. The van der Waals surface area contributed by atoms with Crippen molar-refractivity contribution in [3.05, 3.63) is 0 Å². The highest BCUT2D eigenvalue weighted by molar-refractivity contribution is 5.23. The molecule has 1 saturated heterocycles. The van der Waals surface area contributed by atoms with Gasteiger partial charge in [-0.25, -0.2) is 0 Å². The summed E-state index contributed by atoms with van der Waals surface area (Å²) in [7, 11) is 0. The van der Waals surface area contributed by atoms with Crippen LogP contribution >= 0.6 is 0 Å². The van der Waals surface area contributed by atoms with Crippen LogP contribution in [0.25, 0.3) is 0 Å². The fourth-order valence-electron chi connectivity index (χ4n) is 3.41. The lowest BCUT2D eigenvalue weighted by molar-refractivity contribution is -0.492. The minimum atomic E-state index is -10.3. The number of hydrogen-bond donors (Lipinski definition) is 0. The molecule has 36 heteroatoms. The van der Waals surface area contributed by atoms with Crippen molar-refractivity contribution < 1.29 is 158 Å². The van der Waals surface area contributed by atoms with E-state index in [2.05, 4.69) is 4.74 Å². The van der Waals surface area contributed by atoms with Gasteiger partial charge in [-0.05, 0) is 0 Å². The van der Waals surface area contributed by atoms with Crippen molar-refractivity contribution in [3.8, 4) is 0 Å². The van der Waals surface area contributed by atoms with Crippen LogP contribution in [-0.4, -0.2) is 114 Å². The van der Waals surface area contributed by atoms with Gasteiger partial charge in [0.15, 0.2) is 6.10 Å². The SMILES string of the molecule is FC(F)(F)C(F)(F)C(F)(F)C(F)(F)C(F)(F)C(F)(F)C(F)(F)C(F)(F)C(F)(F)C(F)(F)C(F)(F)C(F)(F)C(F)(F)C(F)(F)C(F)(F)C(F)(F)C(F)(F)C1CO1. The zero-order valence-corrected chi connectivity index (χ0v) is 23.4. The first-order chi connectivity index (χ1) is 23.1. The summed E-state index contributed by atoms with van der Waals surface area (Å²) in [6, 6.07) is 0. The fraction of sp³-hybridized carbons (Fsp3) is 1.00. The van der Waals surface area contributed by atoms with E-state index >= 15 is 0 Å². The van der Waals surface area contributed by atoms with Gasteiger partial charge in [-0.3, -0.25) is 0 Å². The van der Waals surface area contributed by atoms with E-state index in [0.29, 0.717) is 0 Å². The summed E-state index contributed by atoms with van der Waals surface area (Å²) >= 11 is 0. The van der Waals surface area contributed by atoms with E-state index < -0.39 is 114 Å². The van der Waals surface area contributed by atoms with Crippen molar-refractivity contribution in [3.63, 3.8) is 0 Å². The van der Waals surface area contributed by atoms with Crippen LogP contribution in [0.2, 0.25) is 0 Å². The summed E-state index contributed by atoms with van der Waals surface area (Å²) in [5, 5.41) is 0. The lowest BCUT2D eigenvalue weighted by Crippen LogP contribution is -2.80. The van der Waals surface area contributed by atoms with Gasteiger partial charge in [0.25, 0.3) is 0 Å². The molecular formula is C19H3F35O. The van der Waals surface area contributed by atoms with E-state index in [1.165, 1.54) is 0 Å². The molecule has 0 aliphatic carbocycles. The van der Waals surface area contributed by atoms with Gasteiger partial charge in [-0.2, -0.15) is 154 Å². The van der Waals surface area contributed by atoms with Crippen molar-refractivity contribution in [2.45, 2.75) is 107 Å². The second-order valence-electron chi connectivity index (χ2n) is 10.6. The van der Waals surface area contributed by atoms with Crippen LogP contribution in [0.3, 0.4) is 0 Å². The molecule has 330 valence electrons. The zero-order valence-electron chi connectivity index (χ0n) is 23.4. The second kappa shape index (κ2) is 12.0. The second-order valence-corrected chi connectivity index (χ2v) is 10.6. The molecule has 0 bridgehead atoms. The van der Waals surface area contributed by atoms with Crippen LogP contribution in [0, 0.1) is 0 Å². The number of rotatable bonds is 16. The first kappa shape index (κ1) is 50.5. The van der Waals surface area contributed by atoms with E-state index in [4.69, 9.17) is 0 Å². The highest BCUT2D eigenvalue weighted by Crippen LogP contribution is 2.70. The molecule has 0 aromatic heterocycles. The molecule has 0 N–H and O–H groups in total. The highest BCUT2D eigenvalue weighted by Gasteiger charge is 3.02. The molecule has 1 rings (SSSR count). The molecule has 1 fully saturated rings. The van der Waals surface area contributed by atoms with Crippen LogP contribution in [-0.2, 0) is 4.74 Å². The first-order valence-corrected chi connectivity index (χ1v) is 11.8. The number of hydrogen-bond acceptors (Lipinski definition) is 1. The van der Waals surface area contributed by atoms with Gasteiger partial charge in [0.05, 0.1) is 6.61 Å². The summed E-state index contributed by atoms with van der Waals surface area (Å²) in [5.41, 5.74) is 0. The Labute approximate surface area is 273 Å². The normalized spacial score (nSPS) is 19.6. The van der Waals surface area contributed by atoms with E-state index in [9.17, 15) is 154 Å². The fourth-order valence-corrected chi connectivity index (χ4v) is 3.41. The summed E-state index contributed by atoms with van der Waals surface area (Å²) in [6.07, 6.45) is -12.2. The maximum Gasteiger partial charge on any atom is 0.460 e. The molecular weight excluding hydrogens is 909 g/mol. The Morgan fingerprint density at radius 2 is 0.345 bits per heavy atom. The van der Waals surface area contributed by atoms with Crippen LogP contribution in [0.4, 0.5) is 154 Å². The van der Waals surface area contributed by atoms with Gasteiger partial charge in [-0.1, -0.05) is 0 Å². The Morgan fingerprint density at radius 1 is 0.218 bits per heavy atom. The number of ether oxygens (including phenoxy) is 1. The van der Waals surface area contributed by atoms with Gasteiger partial charge < -0.3 is 4.74 Å². The van der Waals surface area contributed by atoms with Gasteiger partial charge in [0.1, 0.15) is 0 Å². The molecule has 1 atom stereocenters. The average Bonchev–Trinajstić information content (AvgIpc) is 3.81. The standard InChI is InChI=1S/C19H3F35O/c20-3(21,2-1-55-2)4(22,23)5(24,25)6(26,27)7(28,29)8(30,31)9(32,33)10(34,35)11(36,37)12(38,39)13(40,41)14(42,43)15(44,45)16(46,47)17(48,49)18(50,51)19(52,53)54/h2H,1H2. The van der Waals surface area contributed by atoms with Crippen LogP contribution in [0.1, 0.15) is 0 Å². The number of alkyl halides is 35. The molecule has 0 radical (unpaired) electrons. The van der Waals surface area contributed by atoms with Crippen molar-refractivity contribution in [2.24, 2.45) is 0 Å². The lowest BCUT2D eigenvalue weighted by Gasteiger charge is -2.47. The molecule has 1 nitrogen and oxygen atoms in total. The van der Waals surface area contributed by atoms with Crippen molar-refractivity contribution >= 4 is 0 Å². The lowest BCUT2D eigenvalue weighted by atomic mass is 9.82. The zero-order chi connectivity index (χ0) is 45.5. The smallest absolute Gasteiger partial charge is 0.366 e. The maximum absolute atomic E-state index is 13.9. The largest absolute Gasteiger partial charge is 0.460 e. The Hall–Kier alpha value is -2.49. The summed E-state index contributed by atoms with van der Waals surface area (Å²) in [4.78, 5) is 0. The van der Waals surface area contributed by atoms with E-state index in [1.807, 2.05) is 0 Å². The molecule has 1 aliphatic heterocycles. The Bertz CT molecular complexity index is 1420. The number of halogens is 35. The van der Waals surface area contributed by atoms with Crippen molar-refractivity contribution in [1.82, 2.24) is 0 Å². The monoisotopic (exact) mass is 912 g/mol. The van der Waals surface area contributed by atoms with Gasteiger partial charge in [-0.15, -0.1) is 0 Å². The quantitative estimate of drug-likeness (QED) is 0.111. The Balaban J connectivity index is 4.03. The van der Waals surface area contributed by atoms with Gasteiger partial charge in [0, 0.05) is 0 Å². The Kier molecular flexibility index (Phi) is 11.1. The van der Waals surface area contributed by atoms with E-state index in [-0.39, 0.29) is 0 Å². The Morgan fingerprint density at radius 3 is 0.473 bits per heavy atom. The van der Waals surface area contributed by atoms with Crippen LogP contribution in [0.5, 0.6) is 0 Å². The third-order valence-corrected chi connectivity index (χ3v) is 7.03. The van der Waals surface area contributed by atoms with Crippen molar-refractivity contribution in [2.75, 3.05) is 6.61 Å². The maximum atomic E-state index is 13.9. The predicted octanol–water partition coefficient (Wildman–Crippen LogP) is 11.1. The third-order valence-electron chi connectivity index (χ3n) is 7.03. The third kappa shape index (κ3) is 5.57. The molecule has 1 unspecified atom stereocenters. The molecule has 1 aliphatic rings. The first-order valence-electron chi connectivity index (χ1n) is 11.8. The molecule has 0 aromatic rings. The highest BCUT2D eigenvalue weighted by atomic mass is 19.4. The van der Waals surface area contributed by atoms with E-state index in [1.54, 1.807) is 0 Å². The summed E-state index contributed by atoms with van der Waals surface area (Å²) in [5.74, 6) is -154. The topological polar surface area (TPSA) is 12.5 Å². The molecule has 0 aromatic carbocycles. The molecule has 55 heavy (non-hydrogen) atoms. The van der Waals surface area contributed by atoms with Gasteiger partial charge in [0.2, 0.25) is 0 Å². The number of epoxide rings is 1. The van der Waals surface area contributed by atoms with Crippen LogP contribution in [0.15, 0.2) is 0 Å². The molecule has 1 heterocycles. The summed E-state index contributed by atoms with van der Waals surface area (Å²) in [6.45, 7) is -1.94. The van der Waals surface area contributed by atoms with Gasteiger partial charge >= 0.3 is 101 Å². The van der Waals surface area contributed by atoms with Crippen molar-refractivity contribution in [1.29, 1.82) is 0 Å². The molecule has 0 amide bonds. The minimum absolute atomic E-state index is 1.94. The molecule has 0 spiro atoms. The van der Waals surface area contributed by atoms with Crippen LogP contribution < -0.4 is 0 Å². The predicted molar refractivity (Wildman–Crippen MR) is 94.9 cm³/mol. The minimum Gasteiger partial charge on any atom is -0.366 e. The average molecular weight is 912 g/mol. The van der Waals surface area contributed by atoms with E-state index in [0.717, 1.165) is 0 Å².